The molecule has 0 atom stereocenters. The zero-order valence-corrected chi connectivity index (χ0v) is 13.7. The second kappa shape index (κ2) is 6.34. The third-order valence-electron chi connectivity index (χ3n) is 2.48. The van der Waals surface area contributed by atoms with Crippen LogP contribution in [-0.2, 0) is 0 Å². The van der Waals surface area contributed by atoms with E-state index in [2.05, 4.69) is 51.3 Å². The fourth-order valence-electron chi connectivity index (χ4n) is 1.56. The lowest BCUT2D eigenvalue weighted by molar-refractivity contribution is 1.51. The van der Waals surface area contributed by atoms with E-state index in [1.54, 1.807) is 0 Å². The van der Waals surface area contributed by atoms with Crippen molar-refractivity contribution in [3.63, 3.8) is 0 Å². The van der Waals surface area contributed by atoms with Gasteiger partial charge in [0, 0.05) is 7.14 Å². The Labute approximate surface area is 134 Å². The van der Waals surface area contributed by atoms with Crippen LogP contribution < -0.4 is 0 Å². The predicted octanol–water partition coefficient (Wildman–Crippen LogP) is 4.96. The first-order valence-electron chi connectivity index (χ1n) is 5.33. The summed E-state index contributed by atoms with van der Waals surface area (Å²) in [4.78, 5) is 0. The molecule has 0 N–H and O–H groups in total. The van der Waals surface area contributed by atoms with Crippen molar-refractivity contribution < 1.29 is 0 Å². The van der Waals surface area contributed by atoms with Gasteiger partial charge >= 0.3 is 0 Å². The first kappa shape index (κ1) is 13.6. The molecule has 0 saturated carbocycles. The number of nitrogens with zero attached hydrogens (tertiary/aromatic N) is 1. The largest absolute Gasteiger partial charge is 0.192 e. The SMILES string of the molecule is N#C/C(=C/c1ccccc1I)c1ccc(I)cc1. The highest BCUT2D eigenvalue weighted by Gasteiger charge is 2.02. The van der Waals surface area contributed by atoms with Crippen molar-refractivity contribution in [2.24, 2.45) is 0 Å². The molecule has 1 nitrogen and oxygen atoms in total. The Bertz CT molecular complexity index is 622. The molecule has 88 valence electrons. The van der Waals surface area contributed by atoms with Crippen molar-refractivity contribution in [3.8, 4) is 6.07 Å². The molecule has 0 heterocycles. The molecule has 0 unspecified atom stereocenters. The molecule has 0 aliphatic heterocycles. The van der Waals surface area contributed by atoms with E-state index in [-0.39, 0.29) is 0 Å². The number of halogens is 2. The molecular weight excluding hydrogens is 448 g/mol. The molecule has 0 spiro atoms. The van der Waals surface area contributed by atoms with Crippen LogP contribution in [0.25, 0.3) is 11.6 Å². The van der Waals surface area contributed by atoms with Crippen molar-refractivity contribution in [2.75, 3.05) is 0 Å². The molecule has 0 aromatic heterocycles. The van der Waals surface area contributed by atoms with Gasteiger partial charge < -0.3 is 0 Å². The molecule has 0 amide bonds. The van der Waals surface area contributed by atoms with E-state index in [1.165, 1.54) is 3.57 Å². The topological polar surface area (TPSA) is 23.8 Å². The van der Waals surface area contributed by atoms with E-state index >= 15 is 0 Å². The van der Waals surface area contributed by atoms with Crippen molar-refractivity contribution >= 4 is 56.8 Å². The van der Waals surface area contributed by atoms with Crippen LogP contribution >= 0.6 is 45.2 Å². The van der Waals surface area contributed by atoms with Crippen molar-refractivity contribution in [1.29, 1.82) is 5.26 Å². The second-order valence-corrected chi connectivity index (χ2v) is 6.11. The van der Waals surface area contributed by atoms with Gasteiger partial charge in [0.15, 0.2) is 0 Å². The minimum atomic E-state index is 0.690. The van der Waals surface area contributed by atoms with E-state index in [0.29, 0.717) is 5.57 Å². The third kappa shape index (κ3) is 3.33. The van der Waals surface area contributed by atoms with E-state index in [1.807, 2.05) is 54.6 Å². The summed E-state index contributed by atoms with van der Waals surface area (Å²) >= 11 is 4.54. The summed E-state index contributed by atoms with van der Waals surface area (Å²) in [7, 11) is 0. The summed E-state index contributed by atoms with van der Waals surface area (Å²) in [5.41, 5.74) is 2.72. The highest BCUT2D eigenvalue weighted by Crippen LogP contribution is 2.21. The fourth-order valence-corrected chi connectivity index (χ4v) is 2.46. The molecule has 2 aromatic rings. The molecule has 2 aromatic carbocycles. The third-order valence-corrected chi connectivity index (χ3v) is 4.18. The Morgan fingerprint density at radius 3 is 2.28 bits per heavy atom. The van der Waals surface area contributed by atoms with Gasteiger partial charge in [0.25, 0.3) is 0 Å². The van der Waals surface area contributed by atoms with Gasteiger partial charge in [-0.1, -0.05) is 30.3 Å². The lowest BCUT2D eigenvalue weighted by Gasteiger charge is -2.02. The average molecular weight is 457 g/mol. The van der Waals surface area contributed by atoms with Gasteiger partial charge in [-0.3, -0.25) is 0 Å². The summed E-state index contributed by atoms with van der Waals surface area (Å²) < 4.78 is 2.32. The van der Waals surface area contributed by atoms with Crippen LogP contribution in [0.4, 0.5) is 0 Å². The van der Waals surface area contributed by atoms with Crippen molar-refractivity contribution in [1.82, 2.24) is 0 Å². The van der Waals surface area contributed by atoms with Crippen LogP contribution in [0.3, 0.4) is 0 Å². The van der Waals surface area contributed by atoms with Crippen LogP contribution in [0.2, 0.25) is 0 Å². The lowest BCUT2D eigenvalue weighted by Crippen LogP contribution is -1.84. The summed E-state index contributed by atoms with van der Waals surface area (Å²) in [6.45, 7) is 0. The maximum absolute atomic E-state index is 9.28. The quantitative estimate of drug-likeness (QED) is 0.356. The minimum Gasteiger partial charge on any atom is -0.192 e. The monoisotopic (exact) mass is 457 g/mol. The molecule has 0 aliphatic rings. The van der Waals surface area contributed by atoms with Gasteiger partial charge in [-0.2, -0.15) is 5.26 Å². The van der Waals surface area contributed by atoms with Gasteiger partial charge in [0.2, 0.25) is 0 Å². The molecule has 0 aliphatic carbocycles. The Morgan fingerprint density at radius 2 is 1.67 bits per heavy atom. The van der Waals surface area contributed by atoms with Crippen LogP contribution in [0.5, 0.6) is 0 Å². The summed E-state index contributed by atoms with van der Waals surface area (Å²) in [5, 5.41) is 9.28. The number of allylic oxidation sites excluding steroid dienone is 1. The number of rotatable bonds is 2. The van der Waals surface area contributed by atoms with Gasteiger partial charge in [-0.15, -0.1) is 0 Å². The normalized spacial score (nSPS) is 11.1. The molecular formula is C15H9I2N. The highest BCUT2D eigenvalue weighted by molar-refractivity contribution is 14.1. The van der Waals surface area contributed by atoms with E-state index < -0.39 is 0 Å². The van der Waals surface area contributed by atoms with Crippen LogP contribution in [0, 0.1) is 18.5 Å². The summed E-state index contributed by atoms with van der Waals surface area (Å²) in [6.07, 6.45) is 1.93. The Morgan fingerprint density at radius 1 is 1.00 bits per heavy atom. The van der Waals surface area contributed by atoms with Gasteiger partial charge in [-0.05, 0) is 80.6 Å². The molecule has 2 rings (SSSR count). The smallest absolute Gasteiger partial charge is 0.0998 e. The van der Waals surface area contributed by atoms with Crippen molar-refractivity contribution in [2.45, 2.75) is 0 Å². The summed E-state index contributed by atoms with van der Waals surface area (Å²) in [6, 6.07) is 18.3. The van der Waals surface area contributed by atoms with Gasteiger partial charge in [0.05, 0.1) is 11.6 Å². The van der Waals surface area contributed by atoms with Gasteiger partial charge in [0.1, 0.15) is 0 Å². The highest BCUT2D eigenvalue weighted by atomic mass is 127. The Balaban J connectivity index is 2.44. The lowest BCUT2D eigenvalue weighted by atomic mass is 10.0. The van der Waals surface area contributed by atoms with Crippen molar-refractivity contribution in [3.05, 3.63) is 66.8 Å². The molecule has 0 bridgehead atoms. The van der Waals surface area contributed by atoms with E-state index in [9.17, 15) is 5.26 Å². The predicted molar refractivity (Wildman–Crippen MR) is 91.8 cm³/mol. The zero-order valence-electron chi connectivity index (χ0n) is 9.40. The van der Waals surface area contributed by atoms with Gasteiger partial charge in [-0.25, -0.2) is 0 Å². The Hall–Kier alpha value is -0.870. The van der Waals surface area contributed by atoms with E-state index in [4.69, 9.17) is 0 Å². The van der Waals surface area contributed by atoms with Crippen LogP contribution in [0.1, 0.15) is 11.1 Å². The van der Waals surface area contributed by atoms with Crippen LogP contribution in [-0.4, -0.2) is 0 Å². The van der Waals surface area contributed by atoms with Crippen LogP contribution in [0.15, 0.2) is 48.5 Å². The summed E-state index contributed by atoms with van der Waals surface area (Å²) in [5.74, 6) is 0. The number of hydrogen-bond acceptors (Lipinski definition) is 1. The maximum atomic E-state index is 9.28. The number of benzene rings is 2. The first-order valence-corrected chi connectivity index (χ1v) is 7.49. The first-order chi connectivity index (χ1) is 8.70. The maximum Gasteiger partial charge on any atom is 0.0998 e. The molecule has 3 heteroatoms. The Kier molecular flexibility index (Phi) is 4.78. The minimum absolute atomic E-state index is 0.690. The number of hydrogen-bond donors (Lipinski definition) is 0. The fraction of sp³-hybridized carbons (Fsp3) is 0. The standard InChI is InChI=1S/C15H9I2N/c16-14-7-5-11(6-8-14)13(10-18)9-12-3-1-2-4-15(12)17/h1-9H/b13-9-. The molecule has 0 radical (unpaired) electrons. The zero-order chi connectivity index (χ0) is 13.0. The van der Waals surface area contributed by atoms with E-state index in [0.717, 1.165) is 14.7 Å². The molecule has 18 heavy (non-hydrogen) atoms. The molecule has 0 fully saturated rings. The number of nitriles is 1. The second-order valence-electron chi connectivity index (χ2n) is 3.70. The molecule has 0 saturated heterocycles. The average Bonchev–Trinajstić information content (AvgIpc) is 2.39.